The van der Waals surface area contributed by atoms with Gasteiger partial charge in [-0.05, 0) is 70.7 Å². The van der Waals surface area contributed by atoms with E-state index < -0.39 is 63.5 Å². The quantitative estimate of drug-likeness (QED) is 0.237. The number of hydrogen-bond acceptors (Lipinski definition) is 8. The van der Waals surface area contributed by atoms with Crippen molar-refractivity contribution < 1.29 is 35.5 Å². The van der Waals surface area contributed by atoms with Crippen LogP contribution in [0.2, 0.25) is 0 Å². The molecule has 0 aromatic heterocycles. The lowest BCUT2D eigenvalue weighted by atomic mass is 9.77. The van der Waals surface area contributed by atoms with Crippen LogP contribution < -0.4 is 11.5 Å². The minimum atomic E-state index is -5.30. The van der Waals surface area contributed by atoms with Crippen molar-refractivity contribution in [2.24, 2.45) is 5.73 Å². The Labute approximate surface area is 204 Å². The zero-order chi connectivity index (χ0) is 25.6. The second-order valence-corrected chi connectivity index (χ2v) is 11.1. The average molecular weight is 547 g/mol. The maximum Gasteiger partial charge on any atom is 0.295 e. The minimum Gasteiger partial charge on any atom is -0.402 e. The van der Waals surface area contributed by atoms with Crippen LogP contribution in [0.1, 0.15) is 38.3 Å². The summed E-state index contributed by atoms with van der Waals surface area (Å²) in [4.78, 5) is 23.2. The topological polar surface area (TPSA) is 195 Å². The average Bonchev–Trinajstić information content (AvgIpc) is 2.71. The minimum absolute atomic E-state index is 0.0772. The molecule has 0 heterocycles. The molecule has 0 spiro atoms. The van der Waals surface area contributed by atoms with Gasteiger partial charge in [-0.15, -0.1) is 0 Å². The molecule has 14 heteroatoms. The molecule has 0 fully saturated rings. The molecular weight excluding hydrogens is 531 g/mol. The largest absolute Gasteiger partial charge is 0.402 e. The summed E-state index contributed by atoms with van der Waals surface area (Å²) in [6, 6.07) is 6.31. The van der Waals surface area contributed by atoms with E-state index in [4.69, 9.17) is 34.7 Å². The van der Waals surface area contributed by atoms with Gasteiger partial charge in [0.1, 0.15) is 4.90 Å². The van der Waals surface area contributed by atoms with Crippen molar-refractivity contribution in [3.05, 3.63) is 76.5 Å². The lowest BCUT2D eigenvalue weighted by molar-refractivity contribution is 0.106. The normalized spacial score (nSPS) is 18.7. The molecule has 2 aromatic rings. The second kappa shape index (κ2) is 8.80. The van der Waals surface area contributed by atoms with Gasteiger partial charge in [0, 0.05) is 34.5 Å². The van der Waals surface area contributed by atoms with Crippen molar-refractivity contribution in [3.8, 4) is 0 Å². The molecule has 6 N–H and O–H groups in total. The Hall–Kier alpha value is -2.74. The van der Waals surface area contributed by atoms with Gasteiger partial charge in [-0.1, -0.05) is 12.1 Å². The first-order valence-electron chi connectivity index (χ1n) is 9.15. The third kappa shape index (κ3) is 4.48. The van der Waals surface area contributed by atoms with Crippen LogP contribution in [0.15, 0.2) is 59.1 Å². The Morgan fingerprint density at radius 3 is 2.09 bits per heavy atom. The van der Waals surface area contributed by atoms with Crippen LogP contribution in [0.5, 0.6) is 0 Å². The van der Waals surface area contributed by atoms with E-state index in [1.165, 1.54) is 12.1 Å². The lowest BCUT2D eigenvalue weighted by Gasteiger charge is -2.37. The van der Waals surface area contributed by atoms with E-state index in [2.05, 4.69) is 0 Å². The summed E-state index contributed by atoms with van der Waals surface area (Å²) in [5.41, 5.74) is 9.47. The van der Waals surface area contributed by atoms with E-state index >= 15 is 0 Å². The number of nitrogen functional groups attached to an aromatic ring is 1. The maximum atomic E-state index is 13.0. The molecule has 0 saturated carbocycles. The summed E-state index contributed by atoms with van der Waals surface area (Å²) in [5, 5.41) is -2.16. The zero-order valence-corrected chi connectivity index (χ0v) is 20.0. The van der Waals surface area contributed by atoms with Gasteiger partial charge in [0.2, 0.25) is 0 Å². The smallest absolute Gasteiger partial charge is 0.295 e. The van der Waals surface area contributed by atoms with Crippen molar-refractivity contribution in [2.75, 3.05) is 5.73 Å². The summed E-state index contributed by atoms with van der Waals surface area (Å²) in [6.45, 7) is 0. The molecule has 0 bridgehead atoms. The fraction of sp³-hybridized carbons (Fsp3) is 0.100. The van der Waals surface area contributed by atoms with E-state index in [1.54, 1.807) is 0 Å². The number of allylic oxidation sites excluding steroid dienone is 3. The fourth-order valence-corrected chi connectivity index (χ4v) is 6.11. The third-order valence-electron chi connectivity index (χ3n) is 5.26. The van der Waals surface area contributed by atoms with E-state index in [0.717, 1.165) is 36.4 Å². The molecule has 0 radical (unpaired) electrons. The van der Waals surface area contributed by atoms with Gasteiger partial charge in [-0.2, -0.15) is 16.8 Å². The molecule has 0 saturated heterocycles. The SMILES string of the molecule is NC1=CC=C(c2ccc(N)cc2S(=O)(=O)O)C(c2cc(C(=O)Cl)ccc2C(=O)Cl)(S(=O)(=O)O)C1. The Bertz CT molecular complexity index is 1510. The highest BCUT2D eigenvalue weighted by Gasteiger charge is 2.52. The number of hydrogen-bond donors (Lipinski definition) is 4. The number of halogens is 2. The van der Waals surface area contributed by atoms with Gasteiger partial charge in [0.15, 0.2) is 4.75 Å². The summed E-state index contributed by atoms with van der Waals surface area (Å²) >= 11 is 11.2. The highest BCUT2D eigenvalue weighted by atomic mass is 35.5. The first-order valence-corrected chi connectivity index (χ1v) is 12.8. The predicted molar refractivity (Wildman–Crippen MR) is 126 cm³/mol. The molecular formula is C20H16Cl2N2O8S2. The number of benzene rings is 2. The summed E-state index contributed by atoms with van der Waals surface area (Å²) in [7, 11) is -10.3. The summed E-state index contributed by atoms with van der Waals surface area (Å²) in [5.74, 6) is 0. The van der Waals surface area contributed by atoms with Crippen molar-refractivity contribution in [3.63, 3.8) is 0 Å². The van der Waals surface area contributed by atoms with Crippen LogP contribution in [-0.2, 0) is 25.0 Å². The third-order valence-corrected chi connectivity index (χ3v) is 8.04. The molecule has 1 unspecified atom stereocenters. The van der Waals surface area contributed by atoms with Crippen LogP contribution in [0.3, 0.4) is 0 Å². The number of rotatable bonds is 6. The molecule has 0 aliphatic heterocycles. The number of carbonyl (C=O) groups is 2. The van der Waals surface area contributed by atoms with Crippen LogP contribution in [0, 0.1) is 0 Å². The Kier molecular flexibility index (Phi) is 6.70. The summed E-state index contributed by atoms with van der Waals surface area (Å²) < 4.78 is 68.0. The predicted octanol–water partition coefficient (Wildman–Crippen LogP) is 2.69. The zero-order valence-electron chi connectivity index (χ0n) is 16.9. The van der Waals surface area contributed by atoms with Gasteiger partial charge in [0.25, 0.3) is 30.7 Å². The Morgan fingerprint density at radius 2 is 1.56 bits per heavy atom. The van der Waals surface area contributed by atoms with Crippen LogP contribution in [0.4, 0.5) is 5.69 Å². The van der Waals surface area contributed by atoms with Crippen LogP contribution >= 0.6 is 23.2 Å². The number of nitrogens with two attached hydrogens (primary N) is 2. The van der Waals surface area contributed by atoms with Crippen molar-refractivity contribution >= 4 is 65.2 Å². The molecule has 10 nitrogen and oxygen atoms in total. The van der Waals surface area contributed by atoms with E-state index in [9.17, 15) is 35.5 Å². The first-order chi connectivity index (χ1) is 15.6. The Balaban J connectivity index is 2.57. The molecule has 1 aliphatic rings. The highest BCUT2D eigenvalue weighted by Crippen LogP contribution is 2.51. The van der Waals surface area contributed by atoms with E-state index in [-0.39, 0.29) is 22.5 Å². The number of carbonyl (C=O) groups excluding carboxylic acids is 2. The Morgan fingerprint density at radius 1 is 0.912 bits per heavy atom. The number of anilines is 1. The molecule has 3 rings (SSSR count). The van der Waals surface area contributed by atoms with Gasteiger partial charge in [-0.25, -0.2) is 0 Å². The van der Waals surface area contributed by atoms with Crippen molar-refractivity contribution in [1.29, 1.82) is 0 Å². The highest BCUT2D eigenvalue weighted by molar-refractivity contribution is 7.87. The maximum absolute atomic E-state index is 13.0. The molecule has 1 atom stereocenters. The van der Waals surface area contributed by atoms with Gasteiger partial charge in [0.05, 0.1) is 0 Å². The van der Waals surface area contributed by atoms with Crippen molar-refractivity contribution in [1.82, 2.24) is 0 Å². The monoisotopic (exact) mass is 546 g/mol. The molecule has 34 heavy (non-hydrogen) atoms. The van der Waals surface area contributed by atoms with E-state index in [1.807, 2.05) is 0 Å². The molecule has 1 aliphatic carbocycles. The second-order valence-electron chi connectivity index (χ2n) is 7.34. The van der Waals surface area contributed by atoms with Crippen molar-refractivity contribution in [2.45, 2.75) is 16.1 Å². The lowest BCUT2D eigenvalue weighted by Crippen LogP contribution is -2.41. The van der Waals surface area contributed by atoms with E-state index in [0.29, 0.717) is 0 Å². The molecule has 0 amide bonds. The molecule has 2 aromatic carbocycles. The van der Waals surface area contributed by atoms with Gasteiger partial charge < -0.3 is 11.5 Å². The standard InChI is InChI=1S/C20H16Cl2N2O8S2/c21-18(25)10-1-4-14(19(22)26)16(7-10)20(34(30,31)32)9-12(24)3-6-15(20)13-5-2-11(23)8-17(13)33(27,28)29/h1-8H,9,23-24H2,(H,27,28,29)(H,30,31,32). The molecule has 180 valence electrons. The summed E-state index contributed by atoms with van der Waals surface area (Å²) in [6.07, 6.45) is 1.68. The fourth-order valence-electron chi connectivity index (χ4n) is 3.83. The van der Waals surface area contributed by atoms with Gasteiger partial charge >= 0.3 is 0 Å². The van der Waals surface area contributed by atoms with Crippen LogP contribution in [-0.4, -0.2) is 36.4 Å². The van der Waals surface area contributed by atoms with Gasteiger partial charge in [-0.3, -0.25) is 18.7 Å². The van der Waals surface area contributed by atoms with Crippen LogP contribution in [0.25, 0.3) is 5.57 Å². The first kappa shape index (κ1) is 25.9.